The van der Waals surface area contributed by atoms with E-state index in [1.807, 2.05) is 24.3 Å². The molecule has 0 unspecified atom stereocenters. The van der Waals surface area contributed by atoms with Crippen LogP contribution in [0.25, 0.3) is 0 Å². The number of ether oxygens (including phenoxy) is 1. The molecule has 0 aliphatic carbocycles. The zero-order valence-corrected chi connectivity index (χ0v) is 19.7. The molecule has 2 amide bonds. The zero-order valence-electron chi connectivity index (χ0n) is 18.9. The van der Waals surface area contributed by atoms with Crippen LogP contribution in [0.4, 0.5) is 20.2 Å². The number of anilines is 1. The molecule has 1 fully saturated rings. The van der Waals surface area contributed by atoms with Crippen molar-refractivity contribution in [3.63, 3.8) is 0 Å². The van der Waals surface area contributed by atoms with Gasteiger partial charge in [0.15, 0.2) is 5.17 Å². The molecule has 4 rings (SSSR count). The predicted octanol–water partition coefficient (Wildman–Crippen LogP) is 5.18. The molecule has 1 atom stereocenters. The molecule has 1 N–H and O–H groups in total. The van der Waals surface area contributed by atoms with Gasteiger partial charge in [0.2, 0.25) is 11.8 Å². The van der Waals surface area contributed by atoms with Gasteiger partial charge in [-0.1, -0.05) is 23.9 Å². The Labute approximate surface area is 206 Å². The third-order valence-corrected chi connectivity index (χ3v) is 6.57. The fourth-order valence-electron chi connectivity index (χ4n) is 3.48. The minimum atomic E-state index is -0.719. The molecule has 0 radical (unpaired) electrons. The Hall–Kier alpha value is -3.72. The van der Waals surface area contributed by atoms with Crippen LogP contribution in [0.1, 0.15) is 12.0 Å². The van der Waals surface area contributed by atoms with Crippen molar-refractivity contribution >= 4 is 40.1 Å². The van der Waals surface area contributed by atoms with E-state index >= 15 is 0 Å². The van der Waals surface area contributed by atoms with Gasteiger partial charge in [-0.15, -0.1) is 0 Å². The third-order valence-electron chi connectivity index (χ3n) is 5.38. The standard InChI is InChI=1S/C26H23F2N3O3S/c1-34-22-12-2-17(3-13-22)14-15-31-24(32)16-23(25(33)29-20-8-4-18(27)5-9-20)35-26(31)30-21-10-6-19(28)7-11-21/h2-13,23H,14-16H2,1H3,(H,29,33)/t23-/m1/s1. The highest BCUT2D eigenvalue weighted by atomic mass is 32.2. The van der Waals surface area contributed by atoms with E-state index in [9.17, 15) is 18.4 Å². The van der Waals surface area contributed by atoms with Gasteiger partial charge in [-0.2, -0.15) is 0 Å². The van der Waals surface area contributed by atoms with Crippen LogP contribution in [-0.2, 0) is 16.0 Å². The van der Waals surface area contributed by atoms with Crippen LogP contribution in [0.5, 0.6) is 5.75 Å². The van der Waals surface area contributed by atoms with Crippen LogP contribution in [-0.4, -0.2) is 40.8 Å². The maximum Gasteiger partial charge on any atom is 0.238 e. The molecular weight excluding hydrogens is 472 g/mol. The van der Waals surface area contributed by atoms with E-state index in [1.54, 1.807) is 12.0 Å². The van der Waals surface area contributed by atoms with Crippen molar-refractivity contribution in [2.75, 3.05) is 19.0 Å². The number of carbonyl (C=O) groups excluding carboxylic acids is 2. The molecule has 1 heterocycles. The van der Waals surface area contributed by atoms with E-state index in [0.29, 0.717) is 29.5 Å². The summed E-state index contributed by atoms with van der Waals surface area (Å²) in [5, 5.41) is 2.36. The number of amidine groups is 1. The highest BCUT2D eigenvalue weighted by Crippen LogP contribution is 2.30. The molecule has 3 aromatic rings. The first-order valence-electron chi connectivity index (χ1n) is 10.9. The van der Waals surface area contributed by atoms with E-state index in [4.69, 9.17) is 4.74 Å². The first kappa shape index (κ1) is 24.4. The monoisotopic (exact) mass is 495 g/mol. The minimum Gasteiger partial charge on any atom is -0.497 e. The molecule has 1 aliphatic rings. The number of nitrogens with zero attached hydrogens (tertiary/aromatic N) is 2. The maximum atomic E-state index is 13.4. The fraction of sp³-hybridized carbons (Fsp3) is 0.192. The smallest absolute Gasteiger partial charge is 0.238 e. The van der Waals surface area contributed by atoms with E-state index < -0.39 is 16.9 Å². The van der Waals surface area contributed by atoms with E-state index in [-0.39, 0.29) is 18.2 Å². The largest absolute Gasteiger partial charge is 0.497 e. The summed E-state index contributed by atoms with van der Waals surface area (Å²) >= 11 is 1.17. The van der Waals surface area contributed by atoms with Gasteiger partial charge in [0.1, 0.15) is 22.6 Å². The molecular formula is C26H23F2N3O3S. The second-order valence-electron chi connectivity index (χ2n) is 7.82. The number of methoxy groups -OCH3 is 1. The lowest BCUT2D eigenvalue weighted by Crippen LogP contribution is -2.46. The molecule has 3 aromatic carbocycles. The van der Waals surface area contributed by atoms with Crippen LogP contribution in [0.2, 0.25) is 0 Å². The molecule has 1 saturated heterocycles. The lowest BCUT2D eigenvalue weighted by atomic mass is 10.1. The van der Waals surface area contributed by atoms with E-state index in [2.05, 4.69) is 10.3 Å². The Bertz CT molecular complexity index is 1220. The van der Waals surface area contributed by atoms with Crippen molar-refractivity contribution in [1.29, 1.82) is 0 Å². The summed E-state index contributed by atoms with van der Waals surface area (Å²) in [7, 11) is 1.60. The van der Waals surface area contributed by atoms with Crippen molar-refractivity contribution in [2.45, 2.75) is 18.1 Å². The molecule has 6 nitrogen and oxygen atoms in total. The summed E-state index contributed by atoms with van der Waals surface area (Å²) in [4.78, 5) is 32.1. The Morgan fingerprint density at radius 2 is 1.66 bits per heavy atom. The summed E-state index contributed by atoms with van der Waals surface area (Å²) in [5.74, 6) is -0.679. The topological polar surface area (TPSA) is 71.0 Å². The van der Waals surface area contributed by atoms with E-state index in [1.165, 1.54) is 60.3 Å². The summed E-state index contributed by atoms with van der Waals surface area (Å²) in [6.45, 7) is 0.366. The molecule has 0 bridgehead atoms. The number of hydrogen-bond acceptors (Lipinski definition) is 5. The number of aliphatic imine (C=N–C) groups is 1. The normalized spacial score (nSPS) is 16.9. The summed E-state index contributed by atoms with van der Waals surface area (Å²) in [5.41, 5.74) is 1.92. The quantitative estimate of drug-likeness (QED) is 0.491. The lowest BCUT2D eigenvalue weighted by Gasteiger charge is -2.32. The van der Waals surface area contributed by atoms with Gasteiger partial charge in [0.05, 0.1) is 12.8 Å². The van der Waals surface area contributed by atoms with Gasteiger partial charge in [-0.3, -0.25) is 14.5 Å². The number of thioether (sulfide) groups is 1. The highest BCUT2D eigenvalue weighted by Gasteiger charge is 2.35. The number of carbonyl (C=O) groups is 2. The van der Waals surface area contributed by atoms with Crippen LogP contribution in [0.15, 0.2) is 77.8 Å². The Balaban J connectivity index is 1.53. The van der Waals surface area contributed by atoms with Crippen molar-refractivity contribution in [2.24, 2.45) is 4.99 Å². The summed E-state index contributed by atoms with van der Waals surface area (Å²) in [6.07, 6.45) is 0.563. The molecule has 9 heteroatoms. The van der Waals surface area contributed by atoms with Gasteiger partial charge in [0, 0.05) is 18.7 Å². The van der Waals surface area contributed by atoms with Crippen LogP contribution < -0.4 is 10.1 Å². The SMILES string of the molecule is COc1ccc(CCN2C(=O)C[C@H](C(=O)Nc3ccc(F)cc3)SC2=Nc2ccc(F)cc2)cc1. The van der Waals surface area contributed by atoms with E-state index in [0.717, 1.165) is 11.3 Å². The van der Waals surface area contributed by atoms with Gasteiger partial charge in [-0.05, 0) is 72.6 Å². The molecule has 0 spiro atoms. The zero-order chi connectivity index (χ0) is 24.8. The molecule has 1 aliphatic heterocycles. The van der Waals surface area contributed by atoms with Crippen molar-refractivity contribution in [3.05, 3.63) is 90.0 Å². The van der Waals surface area contributed by atoms with Crippen LogP contribution in [0, 0.1) is 11.6 Å². The fourth-order valence-corrected chi connectivity index (χ4v) is 4.60. The third kappa shape index (κ3) is 6.45. The second kappa shape index (κ2) is 11.1. The molecule has 0 saturated carbocycles. The lowest BCUT2D eigenvalue weighted by molar-refractivity contribution is -0.129. The predicted molar refractivity (Wildman–Crippen MR) is 133 cm³/mol. The second-order valence-corrected chi connectivity index (χ2v) is 8.99. The number of hydrogen-bond donors (Lipinski definition) is 1. The van der Waals surface area contributed by atoms with Crippen LogP contribution in [0.3, 0.4) is 0 Å². The average Bonchev–Trinajstić information content (AvgIpc) is 2.86. The van der Waals surface area contributed by atoms with Gasteiger partial charge in [-0.25, -0.2) is 13.8 Å². The number of nitrogens with one attached hydrogen (secondary N) is 1. The maximum absolute atomic E-state index is 13.4. The Morgan fingerprint density at radius 3 is 2.29 bits per heavy atom. The Kier molecular flexibility index (Phi) is 7.77. The summed E-state index contributed by atoms with van der Waals surface area (Å²) in [6, 6.07) is 18.6. The number of rotatable bonds is 7. The first-order chi connectivity index (χ1) is 16.9. The molecule has 35 heavy (non-hydrogen) atoms. The Morgan fingerprint density at radius 1 is 1.03 bits per heavy atom. The van der Waals surface area contributed by atoms with Gasteiger partial charge in [0.25, 0.3) is 0 Å². The average molecular weight is 496 g/mol. The van der Waals surface area contributed by atoms with Crippen molar-refractivity contribution in [3.8, 4) is 5.75 Å². The number of amides is 2. The van der Waals surface area contributed by atoms with Gasteiger partial charge >= 0.3 is 0 Å². The molecule has 0 aromatic heterocycles. The van der Waals surface area contributed by atoms with Crippen LogP contribution >= 0.6 is 11.8 Å². The highest BCUT2D eigenvalue weighted by molar-refractivity contribution is 8.15. The number of halogens is 2. The van der Waals surface area contributed by atoms with Crippen molar-refractivity contribution in [1.82, 2.24) is 4.90 Å². The molecule has 180 valence electrons. The van der Waals surface area contributed by atoms with Gasteiger partial charge < -0.3 is 10.1 Å². The number of benzene rings is 3. The first-order valence-corrected chi connectivity index (χ1v) is 11.8. The van der Waals surface area contributed by atoms with Crippen molar-refractivity contribution < 1.29 is 23.1 Å². The summed E-state index contributed by atoms with van der Waals surface area (Å²) < 4.78 is 31.7. The minimum absolute atomic E-state index is 0.0112.